The molecule has 2 aromatic heterocycles. The van der Waals surface area contributed by atoms with Gasteiger partial charge in [-0.3, -0.25) is 0 Å². The lowest BCUT2D eigenvalue weighted by Gasteiger charge is -2.28. The second kappa shape index (κ2) is 6.98. The Morgan fingerprint density at radius 3 is 2.76 bits per heavy atom. The quantitative estimate of drug-likeness (QED) is 0.628. The van der Waals surface area contributed by atoms with Crippen LogP contribution in [0.15, 0.2) is 42.6 Å². The van der Waals surface area contributed by atoms with E-state index in [4.69, 9.17) is 5.73 Å². The minimum Gasteiger partial charge on any atom is -0.363 e. The first-order chi connectivity index (χ1) is 13.7. The van der Waals surface area contributed by atoms with Crippen molar-refractivity contribution < 1.29 is 17.6 Å². The number of aromatic nitrogens is 3. The molecule has 29 heavy (non-hydrogen) atoms. The van der Waals surface area contributed by atoms with Crippen molar-refractivity contribution in [3.05, 3.63) is 48.2 Å². The molecule has 2 heterocycles. The fourth-order valence-corrected chi connectivity index (χ4v) is 3.81. The van der Waals surface area contributed by atoms with Crippen LogP contribution in [0.4, 0.5) is 23.4 Å². The van der Waals surface area contributed by atoms with Gasteiger partial charge in [0.25, 0.3) is 0 Å². The van der Waals surface area contributed by atoms with Crippen LogP contribution in [0.1, 0.15) is 31.7 Å². The first-order valence-corrected chi connectivity index (χ1v) is 9.39. The van der Waals surface area contributed by atoms with Crippen LogP contribution in [0.5, 0.6) is 0 Å². The summed E-state index contributed by atoms with van der Waals surface area (Å²) in [6.07, 6.45) is -1.67. The molecule has 0 bridgehead atoms. The maximum atomic E-state index is 15.1. The van der Waals surface area contributed by atoms with Crippen molar-refractivity contribution in [3.8, 4) is 11.3 Å². The molecule has 0 unspecified atom stereocenters. The van der Waals surface area contributed by atoms with Crippen LogP contribution in [0.2, 0.25) is 0 Å². The molecule has 0 amide bonds. The minimum atomic E-state index is -4.44. The summed E-state index contributed by atoms with van der Waals surface area (Å²) in [5, 5.41) is 7.50. The molecule has 3 N–H and O–H groups in total. The highest BCUT2D eigenvalue weighted by molar-refractivity contribution is 5.64. The molecule has 9 heteroatoms. The molecular weight excluding hydrogens is 386 g/mol. The fourth-order valence-electron chi connectivity index (χ4n) is 3.81. The number of alkyl halides is 4. The summed E-state index contributed by atoms with van der Waals surface area (Å²) in [5.41, 5.74) is 4.92. The van der Waals surface area contributed by atoms with E-state index < -0.39 is 23.5 Å². The monoisotopic (exact) mass is 407 g/mol. The molecule has 0 aliphatic heterocycles. The minimum absolute atomic E-state index is 0.152. The van der Waals surface area contributed by atoms with Crippen molar-refractivity contribution in [3.63, 3.8) is 0 Å². The Balaban J connectivity index is 1.65. The zero-order valence-corrected chi connectivity index (χ0v) is 15.7. The van der Waals surface area contributed by atoms with Gasteiger partial charge < -0.3 is 11.1 Å². The third kappa shape index (κ3) is 3.78. The predicted octanol–water partition coefficient (Wildman–Crippen LogP) is 4.44. The highest BCUT2D eigenvalue weighted by Gasteiger charge is 2.43. The molecule has 1 fully saturated rings. The van der Waals surface area contributed by atoms with Crippen LogP contribution >= 0.6 is 0 Å². The van der Waals surface area contributed by atoms with Crippen molar-refractivity contribution in [2.45, 2.75) is 50.1 Å². The Bertz CT molecular complexity index is 1030. The van der Waals surface area contributed by atoms with Crippen LogP contribution in [0.25, 0.3) is 16.9 Å². The van der Waals surface area contributed by atoms with Crippen molar-refractivity contribution >= 4 is 11.5 Å². The molecule has 154 valence electrons. The van der Waals surface area contributed by atoms with Gasteiger partial charge in [-0.15, -0.1) is 5.10 Å². The number of halogens is 4. The molecule has 1 aromatic carbocycles. The zero-order chi connectivity index (χ0) is 20.8. The Kier molecular flexibility index (Phi) is 4.72. The summed E-state index contributed by atoms with van der Waals surface area (Å²) in [5.74, 6) is 0.411. The van der Waals surface area contributed by atoms with E-state index in [1.165, 1.54) is 16.8 Å². The van der Waals surface area contributed by atoms with E-state index in [0.29, 0.717) is 35.6 Å². The number of nitrogens with one attached hydrogen (secondary N) is 1. The number of fused-ring (bicyclic) bond motifs is 1. The summed E-state index contributed by atoms with van der Waals surface area (Å²) < 4.78 is 55.7. The molecule has 0 radical (unpaired) electrons. The van der Waals surface area contributed by atoms with E-state index in [0.717, 1.165) is 12.1 Å². The lowest BCUT2D eigenvalue weighted by Crippen LogP contribution is -2.40. The van der Waals surface area contributed by atoms with Gasteiger partial charge in [-0.25, -0.2) is 13.9 Å². The van der Waals surface area contributed by atoms with E-state index in [-0.39, 0.29) is 12.5 Å². The standard InChI is InChI=1S/C20H21F4N5/c1-12(19(21)8-7-15(25)10-19)27-17-5-6-18-26-11-16(29(18)28-17)13-3-2-4-14(9-13)20(22,23)24/h2-6,9,11-12,15H,7-8,10,25H2,1H3,(H,27,28)/t12-,15+,19-/m1/s1. The summed E-state index contributed by atoms with van der Waals surface area (Å²) in [4.78, 5) is 4.21. The van der Waals surface area contributed by atoms with Gasteiger partial charge >= 0.3 is 6.18 Å². The molecule has 3 aromatic rings. The highest BCUT2D eigenvalue weighted by atomic mass is 19.4. The number of nitrogens with two attached hydrogens (primary N) is 1. The Labute approximate surface area is 164 Å². The molecule has 3 atom stereocenters. The number of imidazole rings is 1. The average Bonchev–Trinajstić information content (AvgIpc) is 3.24. The van der Waals surface area contributed by atoms with Gasteiger partial charge in [-0.1, -0.05) is 12.1 Å². The molecule has 0 saturated heterocycles. The van der Waals surface area contributed by atoms with E-state index in [1.54, 1.807) is 25.1 Å². The van der Waals surface area contributed by atoms with Gasteiger partial charge in [0.15, 0.2) is 5.65 Å². The Morgan fingerprint density at radius 1 is 1.28 bits per heavy atom. The highest BCUT2D eigenvalue weighted by Crippen LogP contribution is 2.37. The molecule has 1 aliphatic rings. The van der Waals surface area contributed by atoms with Crippen LogP contribution in [-0.2, 0) is 6.18 Å². The van der Waals surface area contributed by atoms with Crippen molar-refractivity contribution in [2.24, 2.45) is 5.73 Å². The summed E-state index contributed by atoms with van der Waals surface area (Å²) >= 11 is 0. The van der Waals surface area contributed by atoms with Gasteiger partial charge in [-0.2, -0.15) is 13.2 Å². The Hall–Kier alpha value is -2.68. The van der Waals surface area contributed by atoms with E-state index in [2.05, 4.69) is 15.4 Å². The van der Waals surface area contributed by atoms with Crippen molar-refractivity contribution in [2.75, 3.05) is 5.32 Å². The van der Waals surface area contributed by atoms with Gasteiger partial charge in [-0.05, 0) is 50.5 Å². The van der Waals surface area contributed by atoms with E-state index >= 15 is 4.39 Å². The molecule has 5 nitrogen and oxygen atoms in total. The molecule has 1 saturated carbocycles. The largest absolute Gasteiger partial charge is 0.416 e. The predicted molar refractivity (Wildman–Crippen MR) is 102 cm³/mol. The van der Waals surface area contributed by atoms with E-state index in [9.17, 15) is 13.2 Å². The van der Waals surface area contributed by atoms with Crippen LogP contribution in [0, 0.1) is 0 Å². The number of hydrogen-bond acceptors (Lipinski definition) is 4. The van der Waals surface area contributed by atoms with Gasteiger partial charge in [0.1, 0.15) is 11.5 Å². The second-order valence-corrected chi connectivity index (χ2v) is 7.61. The summed E-state index contributed by atoms with van der Waals surface area (Å²) in [6.45, 7) is 1.74. The smallest absolute Gasteiger partial charge is 0.363 e. The molecule has 0 spiro atoms. The van der Waals surface area contributed by atoms with Crippen LogP contribution in [-0.4, -0.2) is 32.4 Å². The normalized spacial score (nSPS) is 23.4. The number of benzene rings is 1. The number of hydrogen-bond donors (Lipinski definition) is 2. The van der Waals surface area contributed by atoms with Gasteiger partial charge in [0, 0.05) is 11.6 Å². The van der Waals surface area contributed by atoms with Crippen molar-refractivity contribution in [1.29, 1.82) is 0 Å². The number of nitrogens with zero attached hydrogens (tertiary/aromatic N) is 3. The molecule has 1 aliphatic carbocycles. The maximum Gasteiger partial charge on any atom is 0.416 e. The topological polar surface area (TPSA) is 68.2 Å². The third-order valence-corrected chi connectivity index (χ3v) is 5.52. The fraction of sp³-hybridized carbons (Fsp3) is 0.400. The number of rotatable bonds is 4. The third-order valence-electron chi connectivity index (χ3n) is 5.52. The SMILES string of the molecule is C[C@@H](Nc1ccc2ncc(-c3cccc(C(F)(F)F)c3)n2n1)[C@@]1(F)CC[C@H](N)C1. The lowest BCUT2D eigenvalue weighted by atomic mass is 9.95. The Morgan fingerprint density at radius 2 is 2.07 bits per heavy atom. The number of anilines is 1. The first-order valence-electron chi connectivity index (χ1n) is 9.39. The average molecular weight is 407 g/mol. The van der Waals surface area contributed by atoms with Gasteiger partial charge in [0.05, 0.1) is 23.5 Å². The maximum absolute atomic E-state index is 15.1. The first kappa shape index (κ1) is 19.6. The lowest BCUT2D eigenvalue weighted by molar-refractivity contribution is -0.137. The van der Waals surface area contributed by atoms with Gasteiger partial charge in [0.2, 0.25) is 0 Å². The molecule has 4 rings (SSSR count). The zero-order valence-electron chi connectivity index (χ0n) is 15.7. The second-order valence-electron chi connectivity index (χ2n) is 7.61. The van der Waals surface area contributed by atoms with Crippen LogP contribution < -0.4 is 11.1 Å². The van der Waals surface area contributed by atoms with Crippen LogP contribution in [0.3, 0.4) is 0 Å². The summed E-state index contributed by atoms with van der Waals surface area (Å²) in [6, 6.07) is 7.68. The molecular formula is C20H21F4N5. The van der Waals surface area contributed by atoms with E-state index in [1.807, 2.05) is 0 Å². The summed E-state index contributed by atoms with van der Waals surface area (Å²) in [7, 11) is 0. The van der Waals surface area contributed by atoms with Crippen molar-refractivity contribution in [1.82, 2.24) is 14.6 Å².